The first-order chi connectivity index (χ1) is 8.90. The van der Waals surface area contributed by atoms with Gasteiger partial charge in [0.15, 0.2) is 0 Å². The van der Waals surface area contributed by atoms with E-state index in [1.165, 1.54) is 6.07 Å². The second kappa shape index (κ2) is 6.98. The van der Waals surface area contributed by atoms with Gasteiger partial charge < -0.3 is 10.4 Å². The van der Waals surface area contributed by atoms with Crippen LogP contribution in [-0.4, -0.2) is 22.2 Å². The van der Waals surface area contributed by atoms with Crippen molar-refractivity contribution in [1.29, 1.82) is 0 Å². The van der Waals surface area contributed by atoms with Crippen molar-refractivity contribution in [1.82, 2.24) is 5.32 Å². The molecule has 0 fully saturated rings. The van der Waals surface area contributed by atoms with Crippen LogP contribution < -0.4 is 5.32 Å². The van der Waals surface area contributed by atoms with E-state index in [0.29, 0.717) is 17.4 Å². The molecule has 1 rings (SSSR count). The molecule has 0 aliphatic carbocycles. The molecule has 1 atom stereocenters. The number of nitrogens with one attached hydrogen (secondary N) is 1. The van der Waals surface area contributed by atoms with E-state index < -0.39 is 4.92 Å². The van der Waals surface area contributed by atoms with Crippen molar-refractivity contribution in [2.45, 2.75) is 38.8 Å². The summed E-state index contributed by atoms with van der Waals surface area (Å²) in [5.41, 5.74) is 0.761. The Hall–Kier alpha value is -0.980. The fourth-order valence-electron chi connectivity index (χ4n) is 1.79. The molecule has 0 saturated carbocycles. The summed E-state index contributed by atoms with van der Waals surface area (Å²) in [7, 11) is 0. The van der Waals surface area contributed by atoms with Crippen LogP contribution in [0.25, 0.3) is 0 Å². The van der Waals surface area contributed by atoms with Gasteiger partial charge in [-0.3, -0.25) is 10.1 Å². The Morgan fingerprint density at radius 3 is 2.68 bits per heavy atom. The summed E-state index contributed by atoms with van der Waals surface area (Å²) in [6.45, 7) is 4.74. The van der Waals surface area contributed by atoms with E-state index in [1.54, 1.807) is 6.07 Å². The molecule has 1 aromatic carbocycles. The van der Waals surface area contributed by atoms with E-state index in [0.717, 1.165) is 12.0 Å². The first-order valence-corrected chi connectivity index (χ1v) is 6.99. The molecular weight excluding hydrogens is 312 g/mol. The third-order valence-corrected chi connectivity index (χ3v) is 3.77. The largest absolute Gasteiger partial charge is 0.396 e. The third kappa shape index (κ3) is 4.89. The molecule has 2 N–H and O–H groups in total. The number of hydrogen-bond acceptors (Lipinski definition) is 4. The fourth-order valence-corrected chi connectivity index (χ4v) is 2.32. The van der Waals surface area contributed by atoms with Gasteiger partial charge in [0.25, 0.3) is 5.69 Å². The number of nitro benzene ring substituents is 1. The van der Waals surface area contributed by atoms with E-state index in [-0.39, 0.29) is 17.8 Å². The van der Waals surface area contributed by atoms with Gasteiger partial charge in [-0.15, -0.1) is 0 Å². The molecule has 0 aromatic heterocycles. The van der Waals surface area contributed by atoms with E-state index in [4.69, 9.17) is 5.11 Å². The molecule has 0 bridgehead atoms. The molecule has 0 radical (unpaired) electrons. The van der Waals surface area contributed by atoms with Gasteiger partial charge in [-0.25, -0.2) is 0 Å². The Morgan fingerprint density at radius 1 is 1.47 bits per heavy atom. The number of non-ortho nitro benzene ring substituents is 1. The maximum atomic E-state index is 10.8. The molecule has 0 saturated heterocycles. The Labute approximate surface area is 121 Å². The van der Waals surface area contributed by atoms with Gasteiger partial charge in [0.05, 0.1) is 4.92 Å². The summed E-state index contributed by atoms with van der Waals surface area (Å²) in [6.07, 6.45) is 1.53. The third-order valence-electron chi connectivity index (χ3n) is 3.32. The monoisotopic (exact) mass is 330 g/mol. The van der Waals surface area contributed by atoms with Crippen LogP contribution in [0.4, 0.5) is 5.69 Å². The summed E-state index contributed by atoms with van der Waals surface area (Å²) in [5, 5.41) is 23.2. The summed E-state index contributed by atoms with van der Waals surface area (Å²) >= 11 is 3.28. The number of nitrogens with zero attached hydrogens (tertiary/aromatic N) is 1. The van der Waals surface area contributed by atoms with Crippen molar-refractivity contribution >= 4 is 21.6 Å². The molecule has 1 unspecified atom stereocenters. The van der Waals surface area contributed by atoms with Crippen LogP contribution in [0, 0.1) is 10.1 Å². The highest BCUT2D eigenvalue weighted by Gasteiger charge is 2.20. The minimum Gasteiger partial charge on any atom is -0.396 e. The van der Waals surface area contributed by atoms with E-state index in [1.807, 2.05) is 19.9 Å². The van der Waals surface area contributed by atoms with Gasteiger partial charge in [0.2, 0.25) is 0 Å². The molecular formula is C13H19BrN2O3. The fraction of sp³-hybridized carbons (Fsp3) is 0.538. The summed E-state index contributed by atoms with van der Waals surface area (Å²) in [5.74, 6) is 0. The van der Waals surface area contributed by atoms with E-state index >= 15 is 0 Å². The van der Waals surface area contributed by atoms with E-state index in [2.05, 4.69) is 21.2 Å². The van der Waals surface area contributed by atoms with Crippen LogP contribution in [0.5, 0.6) is 0 Å². The number of rotatable bonds is 7. The molecule has 0 aliphatic heterocycles. The Kier molecular flexibility index (Phi) is 5.90. The molecule has 6 heteroatoms. The molecule has 19 heavy (non-hydrogen) atoms. The minimum atomic E-state index is -0.402. The van der Waals surface area contributed by atoms with Crippen molar-refractivity contribution in [3.63, 3.8) is 0 Å². The lowest BCUT2D eigenvalue weighted by Gasteiger charge is -2.29. The second-order valence-corrected chi connectivity index (χ2v) is 5.73. The minimum absolute atomic E-state index is 0.0755. The summed E-state index contributed by atoms with van der Waals surface area (Å²) < 4.78 is 0.693. The van der Waals surface area contributed by atoms with Crippen LogP contribution in [-0.2, 0) is 6.54 Å². The topological polar surface area (TPSA) is 75.4 Å². The molecule has 0 spiro atoms. The zero-order valence-corrected chi connectivity index (χ0v) is 12.7. The van der Waals surface area contributed by atoms with Gasteiger partial charge >= 0.3 is 0 Å². The number of benzene rings is 1. The normalized spacial score (nSPS) is 14.1. The smallest absolute Gasteiger partial charge is 0.270 e. The van der Waals surface area contributed by atoms with Crippen molar-refractivity contribution in [3.05, 3.63) is 38.3 Å². The SMILES string of the molecule is CCC(C)(CCO)NCc1cc(Br)cc([N+](=O)[O-])c1. The number of aliphatic hydroxyl groups is 1. The van der Waals surface area contributed by atoms with Crippen molar-refractivity contribution in [2.24, 2.45) is 0 Å². The average molecular weight is 331 g/mol. The predicted molar refractivity (Wildman–Crippen MR) is 78.0 cm³/mol. The highest BCUT2D eigenvalue weighted by Crippen LogP contribution is 2.22. The number of nitro groups is 1. The van der Waals surface area contributed by atoms with Crippen molar-refractivity contribution < 1.29 is 10.0 Å². The van der Waals surface area contributed by atoms with Gasteiger partial charge in [0.1, 0.15) is 0 Å². The second-order valence-electron chi connectivity index (χ2n) is 4.82. The molecule has 106 valence electrons. The molecule has 0 heterocycles. The highest BCUT2D eigenvalue weighted by atomic mass is 79.9. The zero-order chi connectivity index (χ0) is 14.5. The first-order valence-electron chi connectivity index (χ1n) is 6.20. The maximum absolute atomic E-state index is 10.8. The molecule has 0 amide bonds. The summed E-state index contributed by atoms with van der Waals surface area (Å²) in [4.78, 5) is 10.4. The first kappa shape index (κ1) is 16.1. The van der Waals surface area contributed by atoms with Gasteiger partial charge in [-0.1, -0.05) is 22.9 Å². The summed E-state index contributed by atoms with van der Waals surface area (Å²) in [6, 6.07) is 4.90. The number of halogens is 1. The molecule has 0 aliphatic rings. The maximum Gasteiger partial charge on any atom is 0.270 e. The molecule has 1 aromatic rings. The Bertz CT molecular complexity index is 454. The lowest BCUT2D eigenvalue weighted by atomic mass is 9.94. The van der Waals surface area contributed by atoms with Crippen LogP contribution in [0.2, 0.25) is 0 Å². The molecule has 5 nitrogen and oxygen atoms in total. The number of hydrogen-bond donors (Lipinski definition) is 2. The Morgan fingerprint density at radius 2 is 2.16 bits per heavy atom. The van der Waals surface area contributed by atoms with Gasteiger partial charge in [0, 0.05) is 35.3 Å². The van der Waals surface area contributed by atoms with E-state index in [9.17, 15) is 10.1 Å². The van der Waals surface area contributed by atoms with Gasteiger partial charge in [-0.05, 0) is 31.4 Å². The lowest BCUT2D eigenvalue weighted by Crippen LogP contribution is -2.42. The van der Waals surface area contributed by atoms with Crippen LogP contribution in [0.15, 0.2) is 22.7 Å². The quantitative estimate of drug-likeness (QED) is 0.595. The Balaban J connectivity index is 2.79. The van der Waals surface area contributed by atoms with Crippen molar-refractivity contribution in [2.75, 3.05) is 6.61 Å². The van der Waals surface area contributed by atoms with Crippen LogP contribution >= 0.6 is 15.9 Å². The lowest BCUT2D eigenvalue weighted by molar-refractivity contribution is -0.385. The standard InChI is InChI=1S/C13H19BrN2O3/c1-3-13(2,4-5-17)15-9-10-6-11(14)8-12(7-10)16(18)19/h6-8,15,17H,3-5,9H2,1-2H3. The highest BCUT2D eigenvalue weighted by molar-refractivity contribution is 9.10. The van der Waals surface area contributed by atoms with Crippen LogP contribution in [0.3, 0.4) is 0 Å². The van der Waals surface area contributed by atoms with Crippen LogP contribution in [0.1, 0.15) is 32.3 Å². The zero-order valence-electron chi connectivity index (χ0n) is 11.1. The average Bonchev–Trinajstić information content (AvgIpc) is 2.36. The predicted octanol–water partition coefficient (Wildman–Crippen LogP) is 3.00. The van der Waals surface area contributed by atoms with Gasteiger partial charge in [-0.2, -0.15) is 0 Å². The van der Waals surface area contributed by atoms with Crippen molar-refractivity contribution in [3.8, 4) is 0 Å². The number of aliphatic hydroxyl groups excluding tert-OH is 1.